The second kappa shape index (κ2) is 4.84. The van der Waals surface area contributed by atoms with Crippen LogP contribution in [0, 0.1) is 6.08 Å². The van der Waals surface area contributed by atoms with Crippen molar-refractivity contribution in [1.29, 1.82) is 0 Å². The van der Waals surface area contributed by atoms with Gasteiger partial charge in [-0.25, -0.2) is 4.98 Å². The summed E-state index contributed by atoms with van der Waals surface area (Å²) in [6.07, 6.45) is -5.46. The maximum Gasteiger partial charge on any atom is 0.312 e. The molecule has 0 bridgehead atoms. The van der Waals surface area contributed by atoms with Crippen LogP contribution in [-0.2, 0) is 4.74 Å². The Labute approximate surface area is 117 Å². The van der Waals surface area contributed by atoms with Crippen LogP contribution in [0.3, 0.4) is 0 Å². The van der Waals surface area contributed by atoms with Crippen LogP contribution in [0.1, 0.15) is 13.2 Å². The number of aliphatic hydroxyl groups is 3. The molecule has 10 heteroatoms. The van der Waals surface area contributed by atoms with Gasteiger partial charge in [0.1, 0.15) is 18.3 Å². The Bertz CT molecular complexity index is 678. The first-order valence-corrected chi connectivity index (χ1v) is 6.25. The highest BCUT2D eigenvalue weighted by molar-refractivity contribution is 5.81. The highest BCUT2D eigenvalue weighted by Gasteiger charge is 2.46. The van der Waals surface area contributed by atoms with Gasteiger partial charge in [-0.15, -0.1) is 0 Å². The molecule has 0 saturated carbocycles. The number of imidazole rings is 1. The first-order valence-electron chi connectivity index (χ1n) is 6.25. The quantitative estimate of drug-likeness (QED) is 0.494. The first-order chi connectivity index (χ1) is 9.90. The van der Waals surface area contributed by atoms with Crippen LogP contribution in [0.15, 0.2) is 6.33 Å². The van der Waals surface area contributed by atoms with E-state index in [4.69, 9.17) is 10.5 Å². The molecule has 3 heterocycles. The highest BCUT2D eigenvalue weighted by Crippen LogP contribution is 2.33. The number of hydrogen-bond acceptors (Lipinski definition) is 8. The Hall–Kier alpha value is -1.88. The summed E-state index contributed by atoms with van der Waals surface area (Å²) in [6, 6.07) is 0. The second-order valence-corrected chi connectivity index (χ2v) is 4.91. The number of anilines is 1. The lowest BCUT2D eigenvalue weighted by atomic mass is 10.1. The van der Waals surface area contributed by atoms with Crippen LogP contribution in [0.2, 0.25) is 0 Å². The molecule has 3 rings (SSSR count). The number of aliphatic hydroxyl groups excluding tert-OH is 3. The Balaban J connectivity index is 2.05. The topological polar surface area (TPSA) is 140 Å². The first kappa shape index (κ1) is 14.1. The second-order valence-electron chi connectivity index (χ2n) is 4.91. The van der Waals surface area contributed by atoms with E-state index in [1.54, 1.807) is 0 Å². The summed E-state index contributed by atoms with van der Waals surface area (Å²) >= 11 is 0. The fraction of sp³-hybridized carbons (Fsp3) is 0.545. The zero-order chi connectivity index (χ0) is 15.3. The van der Waals surface area contributed by atoms with Crippen LogP contribution in [-0.4, -0.2) is 59.3 Å². The number of rotatable bonds is 2. The molecule has 0 radical (unpaired) electrons. The van der Waals surface area contributed by atoms with Crippen molar-refractivity contribution in [2.45, 2.75) is 37.6 Å². The lowest BCUT2D eigenvalue weighted by Gasteiger charge is -2.17. The number of nitrogens with zero attached hydrogens (tertiary/aromatic N) is 4. The molecule has 0 aromatic carbocycles. The summed E-state index contributed by atoms with van der Waals surface area (Å²) in [7, 11) is 0. The standard InChI is InChI=1S/C11H14FN5O4/c1-3(18)7-5(19)6(20)10(21-7)17-2-14-4-8(13)15-11(12)16-9(4)17/h2-3,5-7,10,18-20H,1H3,(H2,13,15,16)/t3-,5+,6-,7-,10-/m1/s1. The van der Waals surface area contributed by atoms with E-state index in [0.29, 0.717) is 0 Å². The van der Waals surface area contributed by atoms with Crippen molar-refractivity contribution in [1.82, 2.24) is 19.5 Å². The summed E-state index contributed by atoms with van der Waals surface area (Å²) in [5, 5.41) is 29.5. The monoisotopic (exact) mass is 299 g/mol. The average Bonchev–Trinajstić information content (AvgIpc) is 2.93. The SMILES string of the molecule is C[C@@H](O)[C@H]1O[C@@H](n2cnc3c(N)nc(F)nc32)[C@H](O)[C@@H]1O. The molecular formula is C11H14FN5O4. The lowest BCUT2D eigenvalue weighted by Crippen LogP contribution is -2.37. The zero-order valence-electron chi connectivity index (χ0n) is 11.0. The number of ether oxygens (including phenoxy) is 1. The van der Waals surface area contributed by atoms with Crippen LogP contribution in [0.4, 0.5) is 10.2 Å². The molecule has 0 spiro atoms. The van der Waals surface area contributed by atoms with Crippen LogP contribution >= 0.6 is 0 Å². The summed E-state index contributed by atoms with van der Waals surface area (Å²) in [5.74, 6) is -0.142. The van der Waals surface area contributed by atoms with Gasteiger partial charge >= 0.3 is 6.08 Å². The largest absolute Gasteiger partial charge is 0.391 e. The third-order valence-corrected chi connectivity index (χ3v) is 3.45. The lowest BCUT2D eigenvalue weighted by molar-refractivity contribution is -0.0777. The van der Waals surface area contributed by atoms with Gasteiger partial charge in [0.15, 0.2) is 23.2 Å². The van der Waals surface area contributed by atoms with Gasteiger partial charge in [0.25, 0.3) is 0 Å². The summed E-state index contributed by atoms with van der Waals surface area (Å²) in [5.41, 5.74) is 5.73. The predicted octanol–water partition coefficient (Wildman–Crippen LogP) is -1.45. The molecule has 1 saturated heterocycles. The van der Waals surface area contributed by atoms with E-state index in [1.165, 1.54) is 17.8 Å². The number of hydrogen-bond donors (Lipinski definition) is 4. The maximum atomic E-state index is 13.3. The minimum Gasteiger partial charge on any atom is -0.391 e. The number of nitrogen functional groups attached to an aromatic ring is 1. The third kappa shape index (κ3) is 2.12. The van der Waals surface area contributed by atoms with Gasteiger partial charge < -0.3 is 25.8 Å². The van der Waals surface area contributed by atoms with E-state index < -0.39 is 36.7 Å². The van der Waals surface area contributed by atoms with E-state index >= 15 is 0 Å². The van der Waals surface area contributed by atoms with Gasteiger partial charge in [-0.2, -0.15) is 14.4 Å². The highest BCUT2D eigenvalue weighted by atomic mass is 19.1. The van der Waals surface area contributed by atoms with Gasteiger partial charge in [0.2, 0.25) is 0 Å². The molecule has 0 amide bonds. The van der Waals surface area contributed by atoms with Crippen molar-refractivity contribution in [3.05, 3.63) is 12.4 Å². The van der Waals surface area contributed by atoms with Crippen LogP contribution < -0.4 is 5.73 Å². The molecule has 114 valence electrons. The Morgan fingerprint density at radius 2 is 2.10 bits per heavy atom. The molecule has 0 aliphatic carbocycles. The Kier molecular flexibility index (Phi) is 3.24. The van der Waals surface area contributed by atoms with E-state index in [0.717, 1.165) is 0 Å². The van der Waals surface area contributed by atoms with Gasteiger partial charge in [-0.1, -0.05) is 0 Å². The molecule has 5 N–H and O–H groups in total. The zero-order valence-corrected chi connectivity index (χ0v) is 11.0. The maximum absolute atomic E-state index is 13.3. The van der Waals surface area contributed by atoms with Crippen molar-refractivity contribution < 1.29 is 24.4 Å². The third-order valence-electron chi connectivity index (χ3n) is 3.45. The van der Waals surface area contributed by atoms with E-state index in [2.05, 4.69) is 15.0 Å². The summed E-state index contributed by atoms with van der Waals surface area (Å²) < 4.78 is 20.0. The smallest absolute Gasteiger partial charge is 0.312 e. The fourth-order valence-electron chi connectivity index (χ4n) is 2.41. The number of aromatic nitrogens is 4. The summed E-state index contributed by atoms with van der Waals surface area (Å²) in [4.78, 5) is 10.9. The average molecular weight is 299 g/mol. The normalized spacial score (nSPS) is 30.9. The van der Waals surface area contributed by atoms with E-state index in [1.807, 2.05) is 0 Å². The van der Waals surface area contributed by atoms with Gasteiger partial charge in [-0.3, -0.25) is 4.57 Å². The van der Waals surface area contributed by atoms with E-state index in [9.17, 15) is 19.7 Å². The molecule has 2 aromatic rings. The molecule has 1 aliphatic rings. The van der Waals surface area contributed by atoms with Crippen molar-refractivity contribution in [2.24, 2.45) is 0 Å². The van der Waals surface area contributed by atoms with Gasteiger partial charge in [0, 0.05) is 0 Å². The molecule has 2 aromatic heterocycles. The molecule has 1 aliphatic heterocycles. The van der Waals surface area contributed by atoms with Crippen LogP contribution in [0.5, 0.6) is 0 Å². The van der Waals surface area contributed by atoms with Crippen molar-refractivity contribution in [2.75, 3.05) is 5.73 Å². The van der Waals surface area contributed by atoms with E-state index in [-0.39, 0.29) is 17.0 Å². The Morgan fingerprint density at radius 3 is 2.71 bits per heavy atom. The number of nitrogens with two attached hydrogens (primary N) is 1. The minimum atomic E-state index is -1.33. The van der Waals surface area contributed by atoms with Crippen molar-refractivity contribution in [3.8, 4) is 0 Å². The molecule has 9 nitrogen and oxygen atoms in total. The van der Waals surface area contributed by atoms with Crippen molar-refractivity contribution >= 4 is 17.0 Å². The van der Waals surface area contributed by atoms with Gasteiger partial charge in [0.05, 0.1) is 12.4 Å². The fourth-order valence-corrected chi connectivity index (χ4v) is 2.41. The van der Waals surface area contributed by atoms with Crippen molar-refractivity contribution in [3.63, 3.8) is 0 Å². The van der Waals surface area contributed by atoms with Gasteiger partial charge in [-0.05, 0) is 6.92 Å². The number of halogens is 1. The molecule has 21 heavy (non-hydrogen) atoms. The minimum absolute atomic E-state index is 0.0301. The molecular weight excluding hydrogens is 285 g/mol. The Morgan fingerprint density at radius 1 is 1.38 bits per heavy atom. The van der Waals surface area contributed by atoms with Crippen LogP contribution in [0.25, 0.3) is 11.2 Å². The summed E-state index contributed by atoms with van der Waals surface area (Å²) in [6.45, 7) is 1.43. The molecule has 0 unspecified atom stereocenters. The molecule has 1 fully saturated rings. The molecule has 5 atom stereocenters. The predicted molar refractivity (Wildman–Crippen MR) is 67.3 cm³/mol. The number of fused-ring (bicyclic) bond motifs is 1.